The molecule has 0 unspecified atom stereocenters. The highest BCUT2D eigenvalue weighted by Crippen LogP contribution is 2.34. The molecule has 0 aliphatic carbocycles. The minimum Gasteiger partial charge on any atom is -0.493 e. The minimum absolute atomic E-state index is 0.0848. The maximum atomic E-state index is 12.1. The summed E-state index contributed by atoms with van der Waals surface area (Å²) in [4.78, 5) is 14.2. The van der Waals surface area contributed by atoms with Crippen molar-refractivity contribution in [2.24, 2.45) is 0 Å². The molecule has 1 heterocycles. The molecule has 0 aromatic heterocycles. The van der Waals surface area contributed by atoms with Gasteiger partial charge in [0, 0.05) is 7.05 Å². The van der Waals surface area contributed by atoms with Gasteiger partial charge in [0.1, 0.15) is 10.9 Å². The van der Waals surface area contributed by atoms with Crippen LogP contribution in [0.2, 0.25) is 0 Å². The smallest absolute Gasteiger partial charge is 0.265 e. The van der Waals surface area contributed by atoms with E-state index in [9.17, 15) is 4.79 Å². The topological polar surface area (TPSA) is 38.8 Å². The van der Waals surface area contributed by atoms with Gasteiger partial charge in [-0.05, 0) is 29.3 Å². The molecule has 3 rings (SSSR count). The Balaban J connectivity index is 1.78. The van der Waals surface area contributed by atoms with E-state index in [1.54, 1.807) is 14.2 Å². The van der Waals surface area contributed by atoms with E-state index in [0.29, 0.717) is 27.3 Å². The number of carbonyl (C=O) groups excluding carboxylic acids is 1. The van der Waals surface area contributed by atoms with E-state index < -0.39 is 0 Å². The van der Waals surface area contributed by atoms with Crippen LogP contribution in [0.15, 0.2) is 53.4 Å². The monoisotopic (exact) mass is 371 g/mol. The Morgan fingerprint density at radius 1 is 1.16 bits per heavy atom. The zero-order valence-electron chi connectivity index (χ0n) is 13.9. The zero-order chi connectivity index (χ0) is 17.8. The molecule has 0 radical (unpaired) electrons. The normalized spacial score (nSPS) is 15.8. The number of ether oxygens (including phenoxy) is 2. The molecular formula is C19H17NO3S2. The van der Waals surface area contributed by atoms with Crippen LogP contribution in [0.1, 0.15) is 11.1 Å². The number of carbonyl (C=O) groups is 1. The summed E-state index contributed by atoms with van der Waals surface area (Å²) >= 11 is 6.44. The predicted octanol–water partition coefficient (Wildman–Crippen LogP) is 4.11. The summed E-state index contributed by atoms with van der Waals surface area (Å²) < 4.78 is 11.8. The fourth-order valence-corrected chi connectivity index (χ4v) is 3.50. The van der Waals surface area contributed by atoms with Crippen LogP contribution in [0.3, 0.4) is 0 Å². The van der Waals surface area contributed by atoms with Gasteiger partial charge >= 0.3 is 0 Å². The Labute approximate surface area is 156 Å². The first-order chi connectivity index (χ1) is 12.1. The first-order valence-corrected chi connectivity index (χ1v) is 8.87. The van der Waals surface area contributed by atoms with E-state index in [-0.39, 0.29) is 5.91 Å². The molecule has 128 valence electrons. The van der Waals surface area contributed by atoms with Crippen molar-refractivity contribution in [2.45, 2.75) is 6.61 Å². The molecule has 1 saturated heterocycles. The largest absolute Gasteiger partial charge is 0.493 e. The SMILES string of the molecule is COc1cc(C=C2SC(=S)N(C)C2=O)ccc1OCc1ccccc1. The van der Waals surface area contributed by atoms with Crippen molar-refractivity contribution in [3.05, 3.63) is 64.6 Å². The highest BCUT2D eigenvalue weighted by atomic mass is 32.2. The van der Waals surface area contributed by atoms with Crippen LogP contribution < -0.4 is 9.47 Å². The van der Waals surface area contributed by atoms with E-state index in [2.05, 4.69) is 0 Å². The van der Waals surface area contributed by atoms with Crippen molar-refractivity contribution < 1.29 is 14.3 Å². The third-order valence-corrected chi connectivity index (χ3v) is 5.19. The maximum Gasteiger partial charge on any atom is 0.265 e. The molecule has 1 amide bonds. The number of benzene rings is 2. The van der Waals surface area contributed by atoms with Crippen molar-refractivity contribution in [3.63, 3.8) is 0 Å². The summed E-state index contributed by atoms with van der Waals surface area (Å²) in [5.74, 6) is 1.20. The van der Waals surface area contributed by atoms with E-state index in [1.165, 1.54) is 16.7 Å². The van der Waals surface area contributed by atoms with Crippen LogP contribution in [-0.4, -0.2) is 29.3 Å². The molecule has 2 aromatic carbocycles. The number of thiocarbonyl (C=S) groups is 1. The van der Waals surface area contributed by atoms with Crippen molar-refractivity contribution in [1.82, 2.24) is 4.90 Å². The molecule has 1 aliphatic rings. The second-order valence-electron chi connectivity index (χ2n) is 5.43. The van der Waals surface area contributed by atoms with Crippen LogP contribution in [-0.2, 0) is 11.4 Å². The van der Waals surface area contributed by atoms with E-state index in [4.69, 9.17) is 21.7 Å². The van der Waals surface area contributed by atoms with E-state index in [1.807, 2.05) is 54.6 Å². The molecule has 0 bridgehead atoms. The average Bonchev–Trinajstić information content (AvgIpc) is 2.88. The number of likely N-dealkylation sites (N-methyl/N-ethyl adjacent to an activating group) is 1. The highest BCUT2D eigenvalue weighted by molar-refractivity contribution is 8.26. The summed E-state index contributed by atoms with van der Waals surface area (Å²) in [6, 6.07) is 15.5. The Morgan fingerprint density at radius 2 is 1.92 bits per heavy atom. The lowest BCUT2D eigenvalue weighted by Gasteiger charge is -2.11. The molecule has 1 aliphatic heterocycles. The Hall–Kier alpha value is -2.31. The second kappa shape index (κ2) is 7.72. The van der Waals surface area contributed by atoms with Crippen LogP contribution in [0.5, 0.6) is 11.5 Å². The minimum atomic E-state index is -0.0848. The summed E-state index contributed by atoms with van der Waals surface area (Å²) in [6.45, 7) is 0.463. The van der Waals surface area contributed by atoms with Crippen molar-refractivity contribution >= 4 is 40.3 Å². The van der Waals surface area contributed by atoms with Gasteiger partial charge in [-0.3, -0.25) is 9.69 Å². The number of amides is 1. The van der Waals surface area contributed by atoms with Gasteiger partial charge in [-0.25, -0.2) is 0 Å². The molecule has 0 atom stereocenters. The average molecular weight is 371 g/mol. The Bertz CT molecular complexity index is 834. The summed E-state index contributed by atoms with van der Waals surface area (Å²) in [5, 5.41) is 0. The van der Waals surface area contributed by atoms with Gasteiger partial charge in [-0.15, -0.1) is 0 Å². The first-order valence-electron chi connectivity index (χ1n) is 7.65. The van der Waals surface area contributed by atoms with Crippen molar-refractivity contribution in [1.29, 1.82) is 0 Å². The lowest BCUT2D eigenvalue weighted by Crippen LogP contribution is -2.22. The Kier molecular flexibility index (Phi) is 5.40. The predicted molar refractivity (Wildman–Crippen MR) is 105 cm³/mol. The van der Waals surface area contributed by atoms with Crippen LogP contribution in [0.25, 0.3) is 6.08 Å². The number of nitrogens with zero attached hydrogens (tertiary/aromatic N) is 1. The van der Waals surface area contributed by atoms with Gasteiger partial charge in [0.2, 0.25) is 0 Å². The molecule has 2 aromatic rings. The molecule has 25 heavy (non-hydrogen) atoms. The number of rotatable bonds is 5. The number of thioether (sulfide) groups is 1. The van der Waals surface area contributed by atoms with Crippen LogP contribution in [0.4, 0.5) is 0 Å². The van der Waals surface area contributed by atoms with E-state index >= 15 is 0 Å². The molecule has 6 heteroatoms. The zero-order valence-corrected chi connectivity index (χ0v) is 15.5. The van der Waals surface area contributed by atoms with Crippen molar-refractivity contribution in [2.75, 3.05) is 14.2 Å². The van der Waals surface area contributed by atoms with Crippen molar-refractivity contribution in [3.8, 4) is 11.5 Å². The fraction of sp³-hybridized carbons (Fsp3) is 0.158. The van der Waals surface area contributed by atoms with E-state index in [0.717, 1.165) is 11.1 Å². The quantitative estimate of drug-likeness (QED) is 0.584. The Morgan fingerprint density at radius 3 is 2.56 bits per heavy atom. The molecule has 0 N–H and O–H groups in total. The standard InChI is InChI=1S/C19H17NO3S2/c1-20-18(21)17(25-19(20)24)11-14-8-9-15(16(10-14)22-2)23-12-13-6-4-3-5-7-13/h3-11H,12H2,1-2H3. The summed E-state index contributed by atoms with van der Waals surface area (Å²) in [6.07, 6.45) is 1.81. The van der Waals surface area contributed by atoms with Crippen LogP contribution >= 0.6 is 24.0 Å². The van der Waals surface area contributed by atoms with Gasteiger partial charge in [0.05, 0.1) is 12.0 Å². The highest BCUT2D eigenvalue weighted by Gasteiger charge is 2.28. The first kappa shape index (κ1) is 17.5. The lowest BCUT2D eigenvalue weighted by molar-refractivity contribution is -0.121. The molecule has 4 nitrogen and oxygen atoms in total. The van der Waals surface area contributed by atoms with Gasteiger partial charge in [0.25, 0.3) is 5.91 Å². The number of hydrogen-bond donors (Lipinski definition) is 0. The fourth-order valence-electron chi connectivity index (χ4n) is 2.33. The summed E-state index contributed by atoms with van der Waals surface area (Å²) in [7, 11) is 3.28. The third kappa shape index (κ3) is 4.03. The van der Waals surface area contributed by atoms with Gasteiger partial charge in [0.15, 0.2) is 11.5 Å². The van der Waals surface area contributed by atoms with Gasteiger partial charge in [-0.1, -0.05) is 60.4 Å². The number of methoxy groups -OCH3 is 1. The summed E-state index contributed by atoms with van der Waals surface area (Å²) in [5.41, 5.74) is 1.94. The molecule has 0 saturated carbocycles. The molecule has 1 fully saturated rings. The third-order valence-electron chi connectivity index (χ3n) is 3.71. The number of hydrogen-bond acceptors (Lipinski definition) is 5. The maximum absolute atomic E-state index is 12.1. The molecule has 0 spiro atoms. The van der Waals surface area contributed by atoms with Gasteiger partial charge in [-0.2, -0.15) is 0 Å². The second-order valence-corrected chi connectivity index (χ2v) is 7.10. The van der Waals surface area contributed by atoms with Crippen LogP contribution in [0, 0.1) is 0 Å². The van der Waals surface area contributed by atoms with Gasteiger partial charge < -0.3 is 9.47 Å². The molecular weight excluding hydrogens is 354 g/mol. The lowest BCUT2D eigenvalue weighted by atomic mass is 10.2.